The number of hydrazone groups is 1. The van der Waals surface area contributed by atoms with E-state index in [2.05, 4.69) is 10.1 Å². The van der Waals surface area contributed by atoms with Crippen molar-refractivity contribution >= 4 is 55.1 Å². The van der Waals surface area contributed by atoms with Gasteiger partial charge in [0.2, 0.25) is 5.13 Å². The Hall–Kier alpha value is -4.61. The molecule has 0 fully saturated rings. The van der Waals surface area contributed by atoms with Gasteiger partial charge in [-0.2, -0.15) is 10.1 Å². The Morgan fingerprint density at radius 1 is 0.973 bits per heavy atom. The van der Waals surface area contributed by atoms with Crippen LogP contribution in [0, 0.1) is 10.1 Å². The number of carbonyl (C=O) groups is 1. The van der Waals surface area contributed by atoms with Crippen LogP contribution in [0.15, 0.2) is 90.0 Å². The predicted molar refractivity (Wildman–Crippen MR) is 145 cm³/mol. The Bertz CT molecular complexity index is 1600. The molecule has 9 nitrogen and oxygen atoms in total. The fourth-order valence-corrected chi connectivity index (χ4v) is 4.97. The number of amides is 1. The SMILES string of the molecule is COc1ccc2nc(N(/N=C/c3ccc([N+](=O)[O-])s3)C(=O)c3ccc(Oc4ccccc4)cc3)sc2c1. The summed E-state index contributed by atoms with van der Waals surface area (Å²) < 4.78 is 11.9. The number of fused-ring (bicyclic) bond motifs is 1. The van der Waals surface area contributed by atoms with Crippen LogP contribution in [0.4, 0.5) is 10.1 Å². The number of thiazole rings is 1. The van der Waals surface area contributed by atoms with Crippen LogP contribution in [-0.4, -0.2) is 29.1 Å². The van der Waals surface area contributed by atoms with E-state index in [0.717, 1.165) is 16.0 Å². The van der Waals surface area contributed by atoms with Gasteiger partial charge in [0.1, 0.15) is 17.2 Å². The summed E-state index contributed by atoms with van der Waals surface area (Å²) in [4.78, 5) is 29.2. The van der Waals surface area contributed by atoms with E-state index in [4.69, 9.17) is 9.47 Å². The number of carbonyl (C=O) groups excluding carboxylic acids is 1. The van der Waals surface area contributed by atoms with E-state index in [0.29, 0.717) is 38.3 Å². The second kappa shape index (κ2) is 10.6. The first-order valence-corrected chi connectivity index (χ1v) is 12.5. The maximum Gasteiger partial charge on any atom is 0.324 e. The van der Waals surface area contributed by atoms with Gasteiger partial charge in [0.25, 0.3) is 5.91 Å². The number of thiophene rings is 1. The van der Waals surface area contributed by atoms with E-state index in [1.54, 1.807) is 49.6 Å². The molecule has 0 saturated heterocycles. The standard InChI is InChI=1S/C26H18N4O5S2/c1-34-20-11-13-22-23(15-20)37-26(28-22)29(27-16-21-12-14-24(36-21)30(32)33)25(31)17-7-9-19(10-8-17)35-18-5-3-2-4-6-18/h2-16H,1H3/b27-16+. The molecule has 3 aromatic carbocycles. The Labute approximate surface area is 219 Å². The molecule has 5 rings (SSSR count). The summed E-state index contributed by atoms with van der Waals surface area (Å²) in [6, 6.07) is 24.4. The van der Waals surface area contributed by atoms with Crippen LogP contribution in [-0.2, 0) is 0 Å². The Balaban J connectivity index is 1.46. The Morgan fingerprint density at radius 3 is 2.41 bits per heavy atom. The lowest BCUT2D eigenvalue weighted by atomic mass is 10.2. The van der Waals surface area contributed by atoms with Crippen molar-refractivity contribution in [2.75, 3.05) is 12.1 Å². The number of aromatic nitrogens is 1. The van der Waals surface area contributed by atoms with Crippen molar-refractivity contribution in [1.82, 2.24) is 4.98 Å². The van der Waals surface area contributed by atoms with Crippen molar-refractivity contribution < 1.29 is 19.2 Å². The molecule has 0 unspecified atom stereocenters. The molecule has 0 N–H and O–H groups in total. The predicted octanol–water partition coefficient (Wildman–Crippen LogP) is 6.75. The molecule has 37 heavy (non-hydrogen) atoms. The molecule has 2 heterocycles. The summed E-state index contributed by atoms with van der Waals surface area (Å²) in [5, 5.41) is 16.9. The molecular weight excluding hydrogens is 512 g/mol. The van der Waals surface area contributed by atoms with Crippen LogP contribution in [0.25, 0.3) is 10.2 Å². The van der Waals surface area contributed by atoms with Crippen LogP contribution in [0.3, 0.4) is 0 Å². The summed E-state index contributed by atoms with van der Waals surface area (Å²) in [7, 11) is 1.58. The van der Waals surface area contributed by atoms with Crippen molar-refractivity contribution in [1.29, 1.82) is 0 Å². The van der Waals surface area contributed by atoms with Crippen LogP contribution >= 0.6 is 22.7 Å². The topological polar surface area (TPSA) is 107 Å². The smallest absolute Gasteiger partial charge is 0.324 e. The number of benzene rings is 3. The zero-order valence-corrected chi connectivity index (χ0v) is 20.9. The van der Waals surface area contributed by atoms with Crippen LogP contribution in [0.5, 0.6) is 17.2 Å². The lowest BCUT2D eigenvalue weighted by Gasteiger charge is -2.14. The molecule has 0 aliphatic rings. The lowest BCUT2D eigenvalue weighted by Crippen LogP contribution is -2.25. The molecule has 0 spiro atoms. The molecule has 5 aromatic rings. The van der Waals surface area contributed by atoms with Gasteiger partial charge in [0, 0.05) is 11.6 Å². The van der Waals surface area contributed by atoms with E-state index in [9.17, 15) is 14.9 Å². The average Bonchev–Trinajstić information content (AvgIpc) is 3.57. The third-order valence-corrected chi connectivity index (χ3v) is 7.10. The van der Waals surface area contributed by atoms with Gasteiger partial charge in [-0.3, -0.25) is 14.9 Å². The number of hydrogen-bond donors (Lipinski definition) is 0. The van der Waals surface area contributed by atoms with Gasteiger partial charge in [0.15, 0.2) is 0 Å². The number of methoxy groups -OCH3 is 1. The van der Waals surface area contributed by atoms with Gasteiger partial charge < -0.3 is 9.47 Å². The number of nitrogens with zero attached hydrogens (tertiary/aromatic N) is 4. The first-order chi connectivity index (χ1) is 18.0. The molecule has 0 aliphatic heterocycles. The molecule has 2 aromatic heterocycles. The summed E-state index contributed by atoms with van der Waals surface area (Å²) in [5.41, 5.74) is 1.05. The third kappa shape index (κ3) is 5.47. The monoisotopic (exact) mass is 530 g/mol. The van der Waals surface area contributed by atoms with E-state index in [1.807, 2.05) is 36.4 Å². The quantitative estimate of drug-likeness (QED) is 0.125. The highest BCUT2D eigenvalue weighted by molar-refractivity contribution is 7.22. The molecular formula is C26H18N4O5S2. The second-order valence-corrected chi connectivity index (χ2v) is 9.67. The van der Waals surface area contributed by atoms with E-state index < -0.39 is 10.8 Å². The van der Waals surface area contributed by atoms with Crippen molar-refractivity contribution in [2.24, 2.45) is 5.10 Å². The summed E-state index contributed by atoms with van der Waals surface area (Å²) in [5.74, 6) is 1.52. The number of ether oxygens (including phenoxy) is 2. The Kier molecular flexibility index (Phi) is 6.88. The zero-order valence-electron chi connectivity index (χ0n) is 19.3. The minimum Gasteiger partial charge on any atom is -0.497 e. The fraction of sp³-hybridized carbons (Fsp3) is 0.0385. The number of para-hydroxylation sites is 1. The molecule has 11 heteroatoms. The molecule has 0 atom stereocenters. The highest BCUT2D eigenvalue weighted by Gasteiger charge is 2.22. The summed E-state index contributed by atoms with van der Waals surface area (Å²) in [6.45, 7) is 0. The van der Waals surface area contributed by atoms with Gasteiger partial charge in [-0.25, -0.2) is 4.98 Å². The highest BCUT2D eigenvalue weighted by Crippen LogP contribution is 2.33. The molecule has 0 bridgehead atoms. The molecule has 0 saturated carbocycles. The van der Waals surface area contributed by atoms with Crippen molar-refractivity contribution in [3.8, 4) is 17.2 Å². The van der Waals surface area contributed by atoms with E-state index in [-0.39, 0.29) is 5.00 Å². The molecule has 0 radical (unpaired) electrons. The van der Waals surface area contributed by atoms with Crippen LogP contribution in [0.2, 0.25) is 0 Å². The number of nitro groups is 1. The van der Waals surface area contributed by atoms with Crippen molar-refractivity contribution in [3.05, 3.63) is 105 Å². The maximum atomic E-state index is 13.6. The van der Waals surface area contributed by atoms with Gasteiger partial charge in [-0.1, -0.05) is 40.9 Å². The van der Waals surface area contributed by atoms with Crippen molar-refractivity contribution in [2.45, 2.75) is 0 Å². The first kappa shape index (κ1) is 24.1. The number of hydrogen-bond acceptors (Lipinski definition) is 9. The molecule has 184 valence electrons. The molecule has 0 aliphatic carbocycles. The zero-order chi connectivity index (χ0) is 25.8. The van der Waals surface area contributed by atoms with E-state index >= 15 is 0 Å². The normalized spacial score (nSPS) is 11.1. The van der Waals surface area contributed by atoms with Crippen LogP contribution in [0.1, 0.15) is 15.2 Å². The summed E-state index contributed by atoms with van der Waals surface area (Å²) in [6.07, 6.45) is 1.41. The second-order valence-electron chi connectivity index (χ2n) is 7.56. The minimum atomic E-state index is -0.467. The van der Waals surface area contributed by atoms with Crippen molar-refractivity contribution in [3.63, 3.8) is 0 Å². The average molecular weight is 531 g/mol. The Morgan fingerprint density at radius 2 is 1.70 bits per heavy atom. The first-order valence-electron chi connectivity index (χ1n) is 10.9. The van der Waals surface area contributed by atoms with Gasteiger partial charge >= 0.3 is 5.00 Å². The van der Waals surface area contributed by atoms with Gasteiger partial charge in [-0.05, 0) is 60.7 Å². The number of rotatable bonds is 8. The minimum absolute atomic E-state index is 0.0135. The molecule has 1 amide bonds. The number of anilines is 1. The lowest BCUT2D eigenvalue weighted by molar-refractivity contribution is -0.380. The van der Waals surface area contributed by atoms with Gasteiger partial charge in [-0.15, -0.1) is 0 Å². The highest BCUT2D eigenvalue weighted by atomic mass is 32.1. The van der Waals surface area contributed by atoms with E-state index in [1.165, 1.54) is 28.6 Å². The maximum absolute atomic E-state index is 13.6. The third-order valence-electron chi connectivity index (χ3n) is 5.13. The summed E-state index contributed by atoms with van der Waals surface area (Å²) >= 11 is 2.24. The fourth-order valence-electron chi connectivity index (χ4n) is 3.34. The largest absolute Gasteiger partial charge is 0.497 e. The van der Waals surface area contributed by atoms with Gasteiger partial charge in [0.05, 0.1) is 33.3 Å². The van der Waals surface area contributed by atoms with Crippen LogP contribution < -0.4 is 14.5 Å².